The van der Waals surface area contributed by atoms with Crippen LogP contribution in [-0.4, -0.2) is 40.5 Å². The van der Waals surface area contributed by atoms with E-state index in [0.29, 0.717) is 25.3 Å². The maximum atomic E-state index is 11.9. The summed E-state index contributed by atoms with van der Waals surface area (Å²) in [5, 5.41) is 9.10. The Morgan fingerprint density at radius 3 is 2.69 bits per heavy atom. The smallest absolute Gasteiger partial charge is 0.326 e. The standard InChI is InChI=1S/C11H20N2O3/c1-3-8(12)10(14)13-5-4-7(2)6-9(13)11(15)16/h7-9H,3-6,12H2,1-2H3,(H,15,16)/t7?,8-,9?/m0/s1. The van der Waals surface area contributed by atoms with Crippen molar-refractivity contribution in [2.45, 2.75) is 45.2 Å². The molecule has 3 N–H and O–H groups in total. The van der Waals surface area contributed by atoms with E-state index < -0.39 is 18.1 Å². The summed E-state index contributed by atoms with van der Waals surface area (Å²) in [4.78, 5) is 24.4. The van der Waals surface area contributed by atoms with Gasteiger partial charge in [-0.1, -0.05) is 13.8 Å². The van der Waals surface area contributed by atoms with E-state index in [1.54, 1.807) is 0 Å². The summed E-state index contributed by atoms with van der Waals surface area (Å²) in [5.41, 5.74) is 5.66. The molecule has 1 rings (SSSR count). The van der Waals surface area contributed by atoms with Gasteiger partial charge in [0, 0.05) is 6.54 Å². The van der Waals surface area contributed by atoms with Crippen molar-refractivity contribution in [2.24, 2.45) is 11.7 Å². The summed E-state index contributed by atoms with van der Waals surface area (Å²) >= 11 is 0. The number of rotatable bonds is 3. The zero-order valence-electron chi connectivity index (χ0n) is 9.85. The topological polar surface area (TPSA) is 83.6 Å². The summed E-state index contributed by atoms with van der Waals surface area (Å²) in [6.45, 7) is 4.34. The monoisotopic (exact) mass is 228 g/mol. The van der Waals surface area contributed by atoms with E-state index >= 15 is 0 Å². The minimum atomic E-state index is -0.928. The van der Waals surface area contributed by atoms with Crippen LogP contribution in [0.15, 0.2) is 0 Å². The molecule has 1 heterocycles. The minimum Gasteiger partial charge on any atom is -0.480 e. The molecule has 2 unspecified atom stereocenters. The lowest BCUT2D eigenvalue weighted by Gasteiger charge is -2.37. The van der Waals surface area contributed by atoms with Gasteiger partial charge in [0.1, 0.15) is 6.04 Å². The fraction of sp³-hybridized carbons (Fsp3) is 0.818. The predicted molar refractivity (Wildman–Crippen MR) is 59.8 cm³/mol. The Bertz CT molecular complexity index is 280. The van der Waals surface area contributed by atoms with E-state index in [-0.39, 0.29) is 5.91 Å². The summed E-state index contributed by atoms with van der Waals surface area (Å²) in [5.74, 6) is -0.812. The van der Waals surface area contributed by atoms with Gasteiger partial charge in [-0.05, 0) is 25.2 Å². The van der Waals surface area contributed by atoms with Gasteiger partial charge in [-0.15, -0.1) is 0 Å². The van der Waals surface area contributed by atoms with Gasteiger partial charge in [0.25, 0.3) is 0 Å². The third-order valence-electron chi connectivity index (χ3n) is 3.19. The second kappa shape index (κ2) is 5.30. The number of nitrogens with zero attached hydrogens (tertiary/aromatic N) is 1. The van der Waals surface area contributed by atoms with Gasteiger partial charge in [-0.2, -0.15) is 0 Å². The number of piperidine rings is 1. The molecular weight excluding hydrogens is 208 g/mol. The van der Waals surface area contributed by atoms with Gasteiger partial charge in [0.2, 0.25) is 5.91 Å². The Kier molecular flexibility index (Phi) is 4.29. The van der Waals surface area contributed by atoms with Crippen LogP contribution in [0.3, 0.4) is 0 Å². The molecule has 0 spiro atoms. The van der Waals surface area contributed by atoms with Crippen LogP contribution in [-0.2, 0) is 9.59 Å². The molecule has 1 saturated heterocycles. The van der Waals surface area contributed by atoms with Crippen LogP contribution < -0.4 is 5.73 Å². The lowest BCUT2D eigenvalue weighted by molar-refractivity contribution is -0.153. The van der Waals surface area contributed by atoms with Crippen LogP contribution in [0.4, 0.5) is 0 Å². The third kappa shape index (κ3) is 2.72. The van der Waals surface area contributed by atoms with Crippen LogP contribution in [0.25, 0.3) is 0 Å². The molecule has 16 heavy (non-hydrogen) atoms. The summed E-state index contributed by atoms with van der Waals surface area (Å²) in [7, 11) is 0. The molecule has 0 aromatic rings. The highest BCUT2D eigenvalue weighted by molar-refractivity contribution is 5.87. The van der Waals surface area contributed by atoms with E-state index in [4.69, 9.17) is 10.8 Å². The van der Waals surface area contributed by atoms with Crippen LogP contribution in [0, 0.1) is 5.92 Å². The number of hydrogen-bond acceptors (Lipinski definition) is 3. The first-order valence-corrected chi connectivity index (χ1v) is 5.76. The second-order valence-corrected chi connectivity index (χ2v) is 4.53. The number of carboxylic acid groups (broad SMARTS) is 1. The van der Waals surface area contributed by atoms with Gasteiger partial charge < -0.3 is 15.7 Å². The Balaban J connectivity index is 2.76. The Morgan fingerprint density at radius 2 is 2.19 bits per heavy atom. The zero-order chi connectivity index (χ0) is 12.3. The van der Waals surface area contributed by atoms with Crippen molar-refractivity contribution in [1.29, 1.82) is 0 Å². The number of hydrogen-bond donors (Lipinski definition) is 2. The van der Waals surface area contributed by atoms with E-state index in [0.717, 1.165) is 6.42 Å². The van der Waals surface area contributed by atoms with E-state index in [9.17, 15) is 9.59 Å². The van der Waals surface area contributed by atoms with Crippen LogP contribution >= 0.6 is 0 Å². The quantitative estimate of drug-likeness (QED) is 0.734. The first kappa shape index (κ1) is 13.0. The lowest BCUT2D eigenvalue weighted by atomic mass is 9.92. The van der Waals surface area contributed by atoms with Crippen LogP contribution in [0.5, 0.6) is 0 Å². The van der Waals surface area contributed by atoms with E-state index in [1.807, 2.05) is 13.8 Å². The maximum absolute atomic E-state index is 11.9. The summed E-state index contributed by atoms with van der Waals surface area (Å²) in [6, 6.07) is -1.27. The number of carbonyl (C=O) groups excluding carboxylic acids is 1. The van der Waals surface area contributed by atoms with Gasteiger partial charge in [-0.25, -0.2) is 4.79 Å². The molecule has 0 bridgehead atoms. The number of likely N-dealkylation sites (tertiary alicyclic amines) is 1. The molecule has 1 aliphatic heterocycles. The average Bonchev–Trinajstić information content (AvgIpc) is 2.26. The first-order chi connectivity index (χ1) is 7.47. The molecule has 1 aliphatic rings. The number of aliphatic carboxylic acids is 1. The van der Waals surface area contributed by atoms with Crippen molar-refractivity contribution in [2.75, 3.05) is 6.54 Å². The largest absolute Gasteiger partial charge is 0.480 e. The Hall–Kier alpha value is -1.10. The number of amides is 1. The lowest BCUT2D eigenvalue weighted by Crippen LogP contribution is -2.54. The van der Waals surface area contributed by atoms with Crippen molar-refractivity contribution < 1.29 is 14.7 Å². The van der Waals surface area contributed by atoms with E-state index in [2.05, 4.69) is 0 Å². The van der Waals surface area contributed by atoms with Gasteiger partial charge >= 0.3 is 5.97 Å². The minimum absolute atomic E-state index is 0.234. The summed E-state index contributed by atoms with van der Waals surface area (Å²) < 4.78 is 0. The molecule has 3 atom stereocenters. The number of carboxylic acids is 1. The third-order valence-corrected chi connectivity index (χ3v) is 3.19. The Morgan fingerprint density at radius 1 is 1.56 bits per heavy atom. The number of carbonyl (C=O) groups is 2. The fourth-order valence-electron chi connectivity index (χ4n) is 2.03. The number of nitrogens with two attached hydrogens (primary N) is 1. The first-order valence-electron chi connectivity index (χ1n) is 5.76. The molecule has 5 heteroatoms. The zero-order valence-corrected chi connectivity index (χ0v) is 9.85. The van der Waals surface area contributed by atoms with Gasteiger partial charge in [0.05, 0.1) is 6.04 Å². The molecule has 0 aliphatic carbocycles. The highest BCUT2D eigenvalue weighted by Crippen LogP contribution is 2.23. The van der Waals surface area contributed by atoms with Crippen molar-refractivity contribution in [1.82, 2.24) is 4.90 Å². The average molecular weight is 228 g/mol. The predicted octanol–water partition coefficient (Wildman–Crippen LogP) is 0.435. The normalized spacial score (nSPS) is 27.6. The molecule has 92 valence electrons. The second-order valence-electron chi connectivity index (χ2n) is 4.53. The molecule has 0 aromatic carbocycles. The summed E-state index contributed by atoms with van der Waals surface area (Å²) in [6.07, 6.45) is 1.92. The van der Waals surface area contributed by atoms with Crippen LogP contribution in [0.2, 0.25) is 0 Å². The van der Waals surface area contributed by atoms with Gasteiger partial charge in [0.15, 0.2) is 0 Å². The maximum Gasteiger partial charge on any atom is 0.326 e. The SMILES string of the molecule is CC[C@H](N)C(=O)N1CCC(C)CC1C(=O)O. The van der Waals surface area contributed by atoms with Crippen molar-refractivity contribution >= 4 is 11.9 Å². The van der Waals surface area contributed by atoms with Crippen molar-refractivity contribution in [3.63, 3.8) is 0 Å². The van der Waals surface area contributed by atoms with Crippen molar-refractivity contribution in [3.05, 3.63) is 0 Å². The molecule has 5 nitrogen and oxygen atoms in total. The highest BCUT2D eigenvalue weighted by atomic mass is 16.4. The molecular formula is C11H20N2O3. The fourth-order valence-corrected chi connectivity index (χ4v) is 2.03. The molecule has 1 fully saturated rings. The molecule has 1 amide bonds. The van der Waals surface area contributed by atoms with Gasteiger partial charge in [-0.3, -0.25) is 4.79 Å². The Labute approximate surface area is 95.6 Å². The molecule has 0 saturated carbocycles. The highest BCUT2D eigenvalue weighted by Gasteiger charge is 2.36. The van der Waals surface area contributed by atoms with Crippen LogP contribution in [0.1, 0.15) is 33.1 Å². The molecule has 0 aromatic heterocycles. The van der Waals surface area contributed by atoms with E-state index in [1.165, 1.54) is 4.90 Å². The molecule has 0 radical (unpaired) electrons. The van der Waals surface area contributed by atoms with Crippen molar-refractivity contribution in [3.8, 4) is 0 Å².